The first-order chi connectivity index (χ1) is 8.51. The minimum atomic E-state index is 0.116. The molecule has 0 aromatic carbocycles. The lowest BCUT2D eigenvalue weighted by molar-refractivity contribution is 0.0433. The van der Waals surface area contributed by atoms with Gasteiger partial charge in [-0.15, -0.1) is 0 Å². The van der Waals surface area contributed by atoms with E-state index in [0.29, 0.717) is 5.92 Å². The third-order valence-corrected chi connectivity index (χ3v) is 4.92. The van der Waals surface area contributed by atoms with Crippen molar-refractivity contribution < 1.29 is 0 Å². The number of likely N-dealkylation sites (tertiary alicyclic amines) is 1. The first-order valence-electron chi connectivity index (χ1n) is 7.41. The van der Waals surface area contributed by atoms with Gasteiger partial charge in [-0.3, -0.25) is 4.90 Å². The number of nitrogens with one attached hydrogen (secondary N) is 1. The SMILES string of the molecule is CN1CCCC(C(N)C(C)(C)N2CCNCC2)C1. The standard InChI is InChI=1S/C14H30N4/c1-14(2,18-9-6-16-7-10-18)13(15)12-5-4-8-17(3)11-12/h12-13,16H,4-11,15H2,1-3H3. The number of rotatable bonds is 3. The summed E-state index contributed by atoms with van der Waals surface area (Å²) in [5, 5.41) is 3.42. The molecule has 18 heavy (non-hydrogen) atoms. The van der Waals surface area contributed by atoms with E-state index in [-0.39, 0.29) is 11.6 Å². The number of hydrogen-bond acceptors (Lipinski definition) is 4. The van der Waals surface area contributed by atoms with Crippen molar-refractivity contribution in [1.29, 1.82) is 0 Å². The van der Waals surface area contributed by atoms with Crippen molar-refractivity contribution >= 4 is 0 Å². The lowest BCUT2D eigenvalue weighted by Crippen LogP contribution is -2.64. The van der Waals surface area contributed by atoms with Gasteiger partial charge in [0.2, 0.25) is 0 Å². The van der Waals surface area contributed by atoms with Crippen LogP contribution in [0.15, 0.2) is 0 Å². The fraction of sp³-hybridized carbons (Fsp3) is 1.00. The molecule has 2 unspecified atom stereocenters. The molecule has 0 aromatic heterocycles. The smallest absolute Gasteiger partial charge is 0.0308 e. The zero-order chi connectivity index (χ0) is 13.2. The average molecular weight is 254 g/mol. The van der Waals surface area contributed by atoms with E-state index in [2.05, 4.69) is 36.0 Å². The highest BCUT2D eigenvalue weighted by atomic mass is 15.3. The Morgan fingerprint density at radius 1 is 1.22 bits per heavy atom. The lowest BCUT2D eigenvalue weighted by atomic mass is 9.79. The van der Waals surface area contributed by atoms with Crippen LogP contribution >= 0.6 is 0 Å². The monoisotopic (exact) mass is 254 g/mol. The van der Waals surface area contributed by atoms with Crippen LogP contribution in [0.1, 0.15) is 26.7 Å². The maximum atomic E-state index is 6.63. The van der Waals surface area contributed by atoms with Gasteiger partial charge < -0.3 is 16.0 Å². The predicted octanol–water partition coefficient (Wildman–Crippen LogP) is 0.339. The first kappa shape index (κ1) is 14.3. The zero-order valence-electron chi connectivity index (χ0n) is 12.3. The van der Waals surface area contributed by atoms with Gasteiger partial charge in [-0.05, 0) is 46.2 Å². The molecular weight excluding hydrogens is 224 g/mol. The van der Waals surface area contributed by atoms with Crippen LogP contribution in [0.4, 0.5) is 0 Å². The fourth-order valence-corrected chi connectivity index (χ4v) is 3.53. The van der Waals surface area contributed by atoms with Crippen molar-refractivity contribution in [3.05, 3.63) is 0 Å². The van der Waals surface area contributed by atoms with Crippen LogP contribution in [-0.4, -0.2) is 67.7 Å². The Kier molecular flexibility index (Phi) is 4.64. The molecule has 0 amide bonds. The molecule has 0 saturated carbocycles. The molecule has 0 aromatic rings. The van der Waals surface area contributed by atoms with Crippen molar-refractivity contribution in [2.24, 2.45) is 11.7 Å². The number of hydrogen-bond donors (Lipinski definition) is 2. The molecule has 2 rings (SSSR count). The van der Waals surface area contributed by atoms with Gasteiger partial charge in [0.05, 0.1) is 0 Å². The molecule has 4 heteroatoms. The van der Waals surface area contributed by atoms with Crippen LogP contribution in [0.25, 0.3) is 0 Å². The van der Waals surface area contributed by atoms with E-state index in [4.69, 9.17) is 5.73 Å². The van der Waals surface area contributed by atoms with Crippen LogP contribution in [0.2, 0.25) is 0 Å². The summed E-state index contributed by atoms with van der Waals surface area (Å²) in [7, 11) is 2.22. The molecule has 0 aliphatic carbocycles. The Morgan fingerprint density at radius 3 is 2.50 bits per heavy atom. The largest absolute Gasteiger partial charge is 0.326 e. The van der Waals surface area contributed by atoms with E-state index in [0.717, 1.165) is 32.7 Å². The predicted molar refractivity (Wildman–Crippen MR) is 76.7 cm³/mol. The molecule has 0 spiro atoms. The molecule has 2 saturated heterocycles. The maximum absolute atomic E-state index is 6.63. The molecule has 2 aliphatic rings. The zero-order valence-corrected chi connectivity index (χ0v) is 12.3. The van der Waals surface area contributed by atoms with Gasteiger partial charge in [-0.2, -0.15) is 0 Å². The summed E-state index contributed by atoms with van der Waals surface area (Å²) in [5.74, 6) is 0.647. The first-order valence-corrected chi connectivity index (χ1v) is 7.41. The van der Waals surface area contributed by atoms with Gasteiger partial charge in [0, 0.05) is 44.3 Å². The second-order valence-electron chi connectivity index (χ2n) is 6.58. The van der Waals surface area contributed by atoms with Gasteiger partial charge in [0.25, 0.3) is 0 Å². The molecular formula is C14H30N4. The molecule has 0 radical (unpaired) electrons. The van der Waals surface area contributed by atoms with Crippen molar-refractivity contribution in [2.75, 3.05) is 46.3 Å². The number of piperidine rings is 1. The van der Waals surface area contributed by atoms with Crippen LogP contribution in [0.5, 0.6) is 0 Å². The van der Waals surface area contributed by atoms with Gasteiger partial charge in [0.1, 0.15) is 0 Å². The molecule has 2 heterocycles. The molecule has 2 fully saturated rings. The number of nitrogens with zero attached hydrogens (tertiary/aromatic N) is 2. The third-order valence-electron chi connectivity index (χ3n) is 4.92. The highest BCUT2D eigenvalue weighted by Gasteiger charge is 2.38. The van der Waals surface area contributed by atoms with Crippen molar-refractivity contribution in [1.82, 2.24) is 15.1 Å². The maximum Gasteiger partial charge on any atom is 0.0308 e. The molecule has 0 bridgehead atoms. The number of nitrogens with two attached hydrogens (primary N) is 1. The highest BCUT2D eigenvalue weighted by Crippen LogP contribution is 2.28. The van der Waals surface area contributed by atoms with E-state index in [1.165, 1.54) is 19.4 Å². The average Bonchev–Trinajstić information content (AvgIpc) is 2.39. The number of piperazine rings is 1. The minimum absolute atomic E-state index is 0.116. The van der Waals surface area contributed by atoms with Gasteiger partial charge in [-0.1, -0.05) is 0 Å². The van der Waals surface area contributed by atoms with E-state index in [1.807, 2.05) is 0 Å². The van der Waals surface area contributed by atoms with Crippen LogP contribution in [-0.2, 0) is 0 Å². The summed E-state index contributed by atoms with van der Waals surface area (Å²) >= 11 is 0. The summed E-state index contributed by atoms with van der Waals surface area (Å²) < 4.78 is 0. The van der Waals surface area contributed by atoms with Crippen molar-refractivity contribution in [3.63, 3.8) is 0 Å². The van der Waals surface area contributed by atoms with Gasteiger partial charge in [0.15, 0.2) is 0 Å². The quantitative estimate of drug-likeness (QED) is 0.762. The Balaban J connectivity index is 1.98. The van der Waals surface area contributed by atoms with Gasteiger partial charge >= 0.3 is 0 Å². The van der Waals surface area contributed by atoms with E-state index in [9.17, 15) is 0 Å². The van der Waals surface area contributed by atoms with E-state index in [1.54, 1.807) is 0 Å². The fourth-order valence-electron chi connectivity index (χ4n) is 3.53. The lowest BCUT2D eigenvalue weighted by Gasteiger charge is -2.48. The topological polar surface area (TPSA) is 44.5 Å². The normalized spacial score (nSPS) is 30.3. The Bertz CT molecular complexity index is 261. The van der Waals surface area contributed by atoms with Crippen LogP contribution in [0.3, 0.4) is 0 Å². The summed E-state index contributed by atoms with van der Waals surface area (Å²) in [6, 6.07) is 0.276. The van der Waals surface area contributed by atoms with Crippen LogP contribution in [0, 0.1) is 5.92 Å². The summed E-state index contributed by atoms with van der Waals surface area (Å²) in [5.41, 5.74) is 6.75. The van der Waals surface area contributed by atoms with E-state index < -0.39 is 0 Å². The Morgan fingerprint density at radius 2 is 1.89 bits per heavy atom. The highest BCUT2D eigenvalue weighted by molar-refractivity contribution is 4.98. The summed E-state index contributed by atoms with van der Waals surface area (Å²) in [6.07, 6.45) is 2.59. The second kappa shape index (κ2) is 5.87. The summed E-state index contributed by atoms with van der Waals surface area (Å²) in [6.45, 7) is 11.5. The Hall–Kier alpha value is -0.160. The molecule has 2 aliphatic heterocycles. The third kappa shape index (κ3) is 3.05. The van der Waals surface area contributed by atoms with Gasteiger partial charge in [-0.25, -0.2) is 0 Å². The molecule has 3 N–H and O–H groups in total. The minimum Gasteiger partial charge on any atom is -0.326 e. The van der Waals surface area contributed by atoms with Crippen molar-refractivity contribution in [3.8, 4) is 0 Å². The Labute approximate surface area is 112 Å². The van der Waals surface area contributed by atoms with Crippen LogP contribution < -0.4 is 11.1 Å². The molecule has 106 valence electrons. The molecule has 4 nitrogen and oxygen atoms in total. The second-order valence-corrected chi connectivity index (χ2v) is 6.58. The summed E-state index contributed by atoms with van der Waals surface area (Å²) in [4.78, 5) is 5.00. The van der Waals surface area contributed by atoms with Crippen molar-refractivity contribution in [2.45, 2.75) is 38.3 Å². The van der Waals surface area contributed by atoms with E-state index >= 15 is 0 Å². The molecule has 2 atom stereocenters.